The number of carbonyl (C=O) groups is 1. The molecule has 2 saturated heterocycles. The van der Waals surface area contributed by atoms with Crippen molar-refractivity contribution in [3.05, 3.63) is 130 Å². The van der Waals surface area contributed by atoms with Gasteiger partial charge in [-0.2, -0.15) is 5.10 Å². The number of hydrogen-bond donors (Lipinski definition) is 2. The summed E-state index contributed by atoms with van der Waals surface area (Å²) in [7, 11) is -1.98. The number of hydrazone groups is 1. The number of likely N-dealkylation sites (tertiary alicyclic amines) is 2. The standard InChI is InChI=1S/C29H40ClN3OSi.C20H22ClN5/c1-20(2)35(21(3)4,22(5)6)33-17-14-25-27(26(30)18-31-29(25)33)28(34)24-12-15-32(16-13-24)19-23-10-8-7-9-11-23;21-17-12-24-20-16(6-9-23-20)18(17)19(25-22)15-7-10-26(11-8-15)13-14-4-2-1-3-5-14/h7-11,14,17-18,20-22,24H,12-13,15-16,19H2,1-6H3;1-6,9,12,15H,7-8,10-11,13,22H2,(H,23,24)/b;25-19+. The fraction of sp³-hybridized carbons (Fsp3) is 0.429. The SMILES string of the molecule is CC(C)[Si](C(C)C)(C(C)C)n1ccc2c(C(=O)C3CCN(Cc4ccccc4)CC3)c(Cl)cnc21.N/N=C(/c1c(Cl)cnc2[nH]ccc12)C1CCN(Cc2ccccc2)CC1. The molecule has 8 rings (SSSR count). The lowest BCUT2D eigenvalue weighted by Gasteiger charge is -2.44. The minimum absolute atomic E-state index is 0.00997. The Hall–Kier alpha value is -4.32. The summed E-state index contributed by atoms with van der Waals surface area (Å²) in [5.74, 6) is 6.31. The lowest BCUT2D eigenvalue weighted by Crippen LogP contribution is -2.51. The molecule has 2 aromatic carbocycles. The number of benzene rings is 2. The fourth-order valence-electron chi connectivity index (χ4n) is 10.7. The number of Topliss-reactive ketones (excluding diaryl/α,β-unsaturated/α-hetero) is 1. The zero-order valence-electron chi connectivity index (χ0n) is 36.6. The van der Waals surface area contributed by atoms with Crippen molar-refractivity contribution in [2.24, 2.45) is 22.8 Å². The Morgan fingerprint density at radius 3 is 1.75 bits per heavy atom. The normalized spacial score (nSPS) is 16.5. The molecule has 6 aromatic rings. The third-order valence-electron chi connectivity index (χ3n) is 13.5. The van der Waals surface area contributed by atoms with Crippen LogP contribution < -0.4 is 5.84 Å². The zero-order valence-corrected chi connectivity index (χ0v) is 39.1. The van der Waals surface area contributed by atoms with Crippen molar-refractivity contribution in [2.45, 2.75) is 96.9 Å². The molecule has 0 saturated carbocycles. The Labute approximate surface area is 372 Å². The van der Waals surface area contributed by atoms with Crippen LogP contribution in [0.2, 0.25) is 26.7 Å². The predicted octanol–water partition coefficient (Wildman–Crippen LogP) is 11.6. The van der Waals surface area contributed by atoms with E-state index in [0.29, 0.717) is 38.2 Å². The molecule has 2 aliphatic heterocycles. The van der Waals surface area contributed by atoms with Gasteiger partial charge in [0.1, 0.15) is 11.3 Å². The average Bonchev–Trinajstić information content (AvgIpc) is 3.91. The lowest BCUT2D eigenvalue weighted by atomic mass is 9.87. The van der Waals surface area contributed by atoms with Crippen molar-refractivity contribution in [1.29, 1.82) is 0 Å². The molecule has 2 aliphatic rings. The van der Waals surface area contributed by atoms with E-state index in [-0.39, 0.29) is 11.7 Å². The van der Waals surface area contributed by atoms with Crippen molar-refractivity contribution in [1.82, 2.24) is 29.0 Å². The number of ketones is 1. The largest absolute Gasteiger partial charge is 0.359 e. The van der Waals surface area contributed by atoms with Crippen LogP contribution in [0.25, 0.3) is 22.1 Å². The molecule has 0 bridgehead atoms. The first-order chi connectivity index (χ1) is 29.4. The Kier molecular flexibility index (Phi) is 14.5. The Morgan fingerprint density at radius 2 is 1.23 bits per heavy atom. The smallest absolute Gasteiger partial charge is 0.171 e. The Bertz CT molecular complexity index is 2390. The van der Waals surface area contributed by atoms with Crippen LogP contribution in [0.4, 0.5) is 0 Å². The molecule has 9 nitrogen and oxygen atoms in total. The first-order valence-corrected chi connectivity index (χ1v) is 25.0. The summed E-state index contributed by atoms with van der Waals surface area (Å²) in [4.78, 5) is 31.0. The van der Waals surface area contributed by atoms with E-state index >= 15 is 0 Å². The summed E-state index contributed by atoms with van der Waals surface area (Å²) in [6, 6.07) is 25.2. The molecule has 4 aromatic heterocycles. The lowest BCUT2D eigenvalue weighted by molar-refractivity contribution is 0.0836. The third-order valence-corrected chi connectivity index (χ3v) is 20.8. The van der Waals surface area contributed by atoms with Crippen molar-refractivity contribution in [3.8, 4) is 0 Å². The highest BCUT2D eigenvalue weighted by molar-refractivity contribution is 6.82. The number of nitrogens with two attached hydrogens (primary N) is 1. The Balaban J connectivity index is 0.000000192. The fourth-order valence-corrected chi connectivity index (χ4v) is 17.7. The minimum Gasteiger partial charge on any atom is -0.359 e. The topological polar surface area (TPSA) is 108 Å². The van der Waals surface area contributed by atoms with Gasteiger partial charge in [-0.15, -0.1) is 0 Å². The third kappa shape index (κ3) is 9.39. The molecule has 322 valence electrons. The van der Waals surface area contributed by atoms with Crippen molar-refractivity contribution in [3.63, 3.8) is 0 Å². The number of nitrogens with one attached hydrogen (secondary N) is 1. The number of pyridine rings is 2. The number of fused-ring (bicyclic) bond motifs is 2. The van der Waals surface area contributed by atoms with Crippen molar-refractivity contribution >= 4 is 65.0 Å². The molecule has 0 atom stereocenters. The van der Waals surface area contributed by atoms with Gasteiger partial charge in [0.05, 0.1) is 15.8 Å². The highest BCUT2D eigenvalue weighted by atomic mass is 35.5. The molecule has 6 heterocycles. The van der Waals surface area contributed by atoms with Gasteiger partial charge in [-0.3, -0.25) is 14.6 Å². The van der Waals surface area contributed by atoms with Gasteiger partial charge in [0, 0.05) is 65.4 Å². The van der Waals surface area contributed by atoms with E-state index in [9.17, 15) is 4.79 Å². The van der Waals surface area contributed by atoms with E-state index in [1.54, 1.807) is 12.4 Å². The highest BCUT2D eigenvalue weighted by Gasteiger charge is 2.46. The number of aromatic amines is 1. The van der Waals surface area contributed by atoms with Gasteiger partial charge in [0.2, 0.25) is 0 Å². The van der Waals surface area contributed by atoms with E-state index < -0.39 is 8.24 Å². The monoisotopic (exact) mass is 876 g/mol. The van der Waals surface area contributed by atoms with Crippen LogP contribution in [-0.2, 0) is 13.1 Å². The molecule has 2 fully saturated rings. The number of halogens is 2. The quantitative estimate of drug-likeness (QED) is 0.0417. The van der Waals surface area contributed by atoms with Gasteiger partial charge in [0.25, 0.3) is 0 Å². The van der Waals surface area contributed by atoms with Crippen LogP contribution in [0.3, 0.4) is 0 Å². The minimum atomic E-state index is -1.98. The van der Waals surface area contributed by atoms with Gasteiger partial charge in [-0.05, 0) is 97.9 Å². The molecule has 61 heavy (non-hydrogen) atoms. The van der Waals surface area contributed by atoms with E-state index in [2.05, 4.69) is 144 Å². The molecule has 0 spiro atoms. The molecule has 12 heteroatoms. The highest BCUT2D eigenvalue weighted by Crippen LogP contribution is 2.45. The van der Waals surface area contributed by atoms with Gasteiger partial charge < -0.3 is 15.1 Å². The van der Waals surface area contributed by atoms with Crippen LogP contribution in [0.15, 0.2) is 103 Å². The molecule has 0 radical (unpaired) electrons. The number of H-pyrrole nitrogens is 1. The van der Waals surface area contributed by atoms with Crippen LogP contribution in [0.5, 0.6) is 0 Å². The van der Waals surface area contributed by atoms with Gasteiger partial charge >= 0.3 is 0 Å². The van der Waals surface area contributed by atoms with Crippen LogP contribution in [0, 0.1) is 11.8 Å². The van der Waals surface area contributed by atoms with E-state index in [0.717, 1.165) is 98.3 Å². The summed E-state index contributed by atoms with van der Waals surface area (Å²) >= 11 is 13.1. The number of hydrogen-bond acceptors (Lipinski definition) is 7. The maximum Gasteiger partial charge on any atom is 0.171 e. The Morgan fingerprint density at radius 1 is 0.721 bits per heavy atom. The summed E-state index contributed by atoms with van der Waals surface area (Å²) in [5.41, 5.74) is 8.54. The zero-order chi connectivity index (χ0) is 43.3. The summed E-state index contributed by atoms with van der Waals surface area (Å²) in [5, 5.41) is 7.15. The van der Waals surface area contributed by atoms with E-state index in [4.69, 9.17) is 34.0 Å². The average molecular weight is 878 g/mol. The van der Waals surface area contributed by atoms with E-state index in [1.165, 1.54) is 11.1 Å². The maximum absolute atomic E-state index is 13.8. The summed E-state index contributed by atoms with van der Waals surface area (Å²) < 4.78 is 2.47. The number of piperidine rings is 2. The van der Waals surface area contributed by atoms with Crippen molar-refractivity contribution < 1.29 is 4.79 Å². The molecule has 0 amide bonds. The second kappa shape index (κ2) is 19.8. The molecule has 3 N–H and O–H groups in total. The van der Waals surface area contributed by atoms with Gasteiger partial charge in [-0.1, -0.05) is 125 Å². The number of carbonyl (C=O) groups excluding carboxylic acids is 1. The molecule has 0 unspecified atom stereocenters. The van der Waals surface area contributed by atoms with Crippen LogP contribution in [0.1, 0.15) is 94.3 Å². The number of aromatic nitrogens is 4. The number of nitrogens with zero attached hydrogens (tertiary/aromatic N) is 6. The second-order valence-electron chi connectivity index (χ2n) is 17.9. The maximum atomic E-state index is 13.8. The molecular weight excluding hydrogens is 816 g/mol. The molecule has 0 aliphatic carbocycles. The number of rotatable bonds is 12. The molecular formula is C49H62Cl2N8OSi. The van der Waals surface area contributed by atoms with Gasteiger partial charge in [-0.25, -0.2) is 9.97 Å². The van der Waals surface area contributed by atoms with E-state index in [1.807, 2.05) is 12.3 Å². The summed E-state index contributed by atoms with van der Waals surface area (Å²) in [6.45, 7) is 19.9. The van der Waals surface area contributed by atoms with Gasteiger partial charge in [0.15, 0.2) is 14.0 Å². The van der Waals surface area contributed by atoms with Crippen molar-refractivity contribution in [2.75, 3.05) is 26.2 Å². The van der Waals surface area contributed by atoms with Crippen LogP contribution in [-0.4, -0.2) is 74.9 Å². The summed E-state index contributed by atoms with van der Waals surface area (Å²) in [6.07, 6.45) is 11.2. The second-order valence-corrected chi connectivity index (χ2v) is 24.5. The predicted molar refractivity (Wildman–Crippen MR) is 256 cm³/mol. The van der Waals surface area contributed by atoms with Crippen LogP contribution >= 0.6 is 23.2 Å². The first-order valence-electron chi connectivity index (χ1n) is 22.1. The first kappa shape index (κ1) is 44.7.